The lowest BCUT2D eigenvalue weighted by Gasteiger charge is -2.22. The zero-order valence-corrected chi connectivity index (χ0v) is 23.1. The monoisotopic (exact) mass is 520 g/mol. The fourth-order valence-corrected chi connectivity index (χ4v) is 5.98. The summed E-state index contributed by atoms with van der Waals surface area (Å²) in [5.74, 6) is 0. The molecule has 0 N–H and O–H groups in total. The van der Waals surface area contributed by atoms with Gasteiger partial charge in [-0.2, -0.15) is 0 Å². The van der Waals surface area contributed by atoms with Gasteiger partial charge in [0.2, 0.25) is 0 Å². The third-order valence-electron chi connectivity index (χ3n) is 8.60. The molecule has 0 radical (unpaired) electrons. The van der Waals surface area contributed by atoms with E-state index < -0.39 is 0 Å². The van der Waals surface area contributed by atoms with Gasteiger partial charge in [-0.15, -0.1) is 0 Å². The van der Waals surface area contributed by atoms with E-state index in [4.69, 9.17) is 19.6 Å². The third kappa shape index (κ3) is 4.77. The highest BCUT2D eigenvalue weighted by Gasteiger charge is 2.45. The first-order valence-electron chi connectivity index (χ1n) is 14.1. The van der Waals surface area contributed by atoms with Gasteiger partial charge in [0.25, 0.3) is 0 Å². The van der Waals surface area contributed by atoms with E-state index in [9.17, 15) is 0 Å². The van der Waals surface area contributed by atoms with E-state index >= 15 is 0 Å². The first kappa shape index (κ1) is 25.5. The average molecular weight is 521 g/mol. The quantitative estimate of drug-likeness (QED) is 0.296. The Kier molecular flexibility index (Phi) is 6.79. The number of oxime groups is 2. The van der Waals surface area contributed by atoms with E-state index in [2.05, 4.69) is 55.5 Å². The molecule has 0 amide bonds. The summed E-state index contributed by atoms with van der Waals surface area (Å²) in [7, 11) is 0. The van der Waals surface area contributed by atoms with Crippen molar-refractivity contribution < 1.29 is 9.68 Å². The van der Waals surface area contributed by atoms with E-state index in [0.717, 1.165) is 91.0 Å². The highest BCUT2D eigenvalue weighted by atomic mass is 16.6. The van der Waals surface area contributed by atoms with Gasteiger partial charge in [0.1, 0.15) is 24.6 Å². The molecule has 6 heteroatoms. The van der Waals surface area contributed by atoms with Crippen LogP contribution in [0.5, 0.6) is 0 Å². The van der Waals surface area contributed by atoms with Crippen molar-refractivity contribution in [2.24, 2.45) is 15.7 Å². The minimum atomic E-state index is -0.0296. The van der Waals surface area contributed by atoms with E-state index in [1.165, 1.54) is 27.6 Å². The SMILES string of the molecule is C=Cc1nc2c(c(C)c1C=C)CCC/C2=N\OCC1(CO/N=C2\CCCc3c2nc2ccccc2c3C)CC1. The number of pyridine rings is 2. The zero-order chi connectivity index (χ0) is 27.0. The maximum atomic E-state index is 5.97. The average Bonchev–Trinajstić information content (AvgIpc) is 3.73. The Hall–Kier alpha value is -3.80. The number of hydrogen-bond acceptors (Lipinski definition) is 6. The lowest BCUT2D eigenvalue weighted by Crippen LogP contribution is -2.20. The van der Waals surface area contributed by atoms with Crippen LogP contribution in [0.1, 0.15) is 83.4 Å². The van der Waals surface area contributed by atoms with Crippen LogP contribution in [0.25, 0.3) is 23.1 Å². The first-order valence-corrected chi connectivity index (χ1v) is 14.1. The van der Waals surface area contributed by atoms with Gasteiger partial charge in [-0.25, -0.2) is 9.97 Å². The van der Waals surface area contributed by atoms with Gasteiger partial charge in [-0.1, -0.05) is 47.7 Å². The molecule has 1 saturated carbocycles. The minimum Gasteiger partial charge on any atom is -0.395 e. The maximum Gasteiger partial charge on any atom is 0.126 e. The first-order chi connectivity index (χ1) is 19.0. The summed E-state index contributed by atoms with van der Waals surface area (Å²) in [6, 6.07) is 8.34. The molecule has 0 bridgehead atoms. The van der Waals surface area contributed by atoms with Crippen molar-refractivity contribution in [1.82, 2.24) is 9.97 Å². The summed E-state index contributed by atoms with van der Waals surface area (Å²) in [5.41, 5.74) is 11.8. The Morgan fingerprint density at radius 2 is 1.44 bits per heavy atom. The largest absolute Gasteiger partial charge is 0.395 e. The lowest BCUT2D eigenvalue weighted by atomic mass is 9.88. The number of aromatic nitrogens is 2. The molecule has 1 aromatic carbocycles. The molecule has 0 aliphatic heterocycles. The van der Waals surface area contributed by atoms with Crippen molar-refractivity contribution >= 4 is 34.5 Å². The second-order valence-electron chi connectivity index (χ2n) is 11.2. The molecule has 0 saturated heterocycles. The molecule has 3 aliphatic rings. The summed E-state index contributed by atoms with van der Waals surface area (Å²) >= 11 is 0. The number of fused-ring (bicyclic) bond motifs is 3. The number of nitrogens with zero attached hydrogens (tertiary/aromatic N) is 4. The summed E-state index contributed by atoms with van der Waals surface area (Å²) in [6.45, 7) is 13.3. The van der Waals surface area contributed by atoms with Gasteiger partial charge in [0, 0.05) is 16.4 Å². The highest BCUT2D eigenvalue weighted by Crippen LogP contribution is 2.46. The van der Waals surface area contributed by atoms with Crippen molar-refractivity contribution in [2.75, 3.05) is 13.2 Å². The number of benzene rings is 1. The summed E-state index contributed by atoms with van der Waals surface area (Å²) in [6.07, 6.45) is 11.7. The van der Waals surface area contributed by atoms with E-state index in [0.29, 0.717) is 13.2 Å². The summed E-state index contributed by atoms with van der Waals surface area (Å²) in [5, 5.41) is 10.4. The fourth-order valence-electron chi connectivity index (χ4n) is 5.98. The minimum absolute atomic E-state index is 0.0296. The lowest BCUT2D eigenvalue weighted by molar-refractivity contribution is 0.0316. The van der Waals surface area contributed by atoms with Crippen molar-refractivity contribution in [3.63, 3.8) is 0 Å². The van der Waals surface area contributed by atoms with Crippen LogP contribution in [0.2, 0.25) is 0 Å². The maximum absolute atomic E-state index is 5.97. The number of para-hydroxylation sites is 1. The molecular weight excluding hydrogens is 484 g/mol. The Balaban J connectivity index is 1.14. The van der Waals surface area contributed by atoms with Crippen LogP contribution in [-0.4, -0.2) is 34.6 Å². The molecule has 6 rings (SSSR count). The van der Waals surface area contributed by atoms with Gasteiger partial charge in [-0.3, -0.25) is 0 Å². The van der Waals surface area contributed by atoms with Crippen LogP contribution in [0.15, 0.2) is 47.7 Å². The smallest absolute Gasteiger partial charge is 0.126 e. The molecule has 200 valence electrons. The van der Waals surface area contributed by atoms with E-state index in [1.807, 2.05) is 12.1 Å². The molecule has 1 fully saturated rings. The molecular formula is C33H36N4O2. The molecule has 3 aliphatic carbocycles. The van der Waals surface area contributed by atoms with Gasteiger partial charge in [0.15, 0.2) is 0 Å². The van der Waals surface area contributed by atoms with Crippen LogP contribution in [0.3, 0.4) is 0 Å². The molecule has 2 heterocycles. The van der Waals surface area contributed by atoms with Crippen molar-refractivity contribution in [2.45, 2.75) is 65.2 Å². The van der Waals surface area contributed by atoms with Crippen LogP contribution in [0, 0.1) is 19.3 Å². The summed E-state index contributed by atoms with van der Waals surface area (Å²) < 4.78 is 0. The predicted molar refractivity (Wildman–Crippen MR) is 158 cm³/mol. The topological polar surface area (TPSA) is 69.0 Å². The number of hydrogen-bond donors (Lipinski definition) is 0. The molecule has 0 unspecified atom stereocenters. The third-order valence-corrected chi connectivity index (χ3v) is 8.60. The molecule has 6 nitrogen and oxygen atoms in total. The van der Waals surface area contributed by atoms with Crippen molar-refractivity contribution in [3.8, 4) is 0 Å². The predicted octanol–water partition coefficient (Wildman–Crippen LogP) is 7.13. The Bertz CT molecular complexity index is 1530. The Morgan fingerprint density at radius 1 is 0.821 bits per heavy atom. The Morgan fingerprint density at radius 3 is 2.05 bits per heavy atom. The number of rotatable bonds is 8. The second-order valence-corrected chi connectivity index (χ2v) is 11.2. The molecule has 0 atom stereocenters. The van der Waals surface area contributed by atoms with Crippen molar-refractivity contribution in [1.29, 1.82) is 0 Å². The highest BCUT2D eigenvalue weighted by molar-refractivity contribution is 6.03. The molecule has 39 heavy (non-hydrogen) atoms. The van der Waals surface area contributed by atoms with E-state index in [-0.39, 0.29) is 5.41 Å². The van der Waals surface area contributed by atoms with Gasteiger partial charge in [-0.05, 0) is 99.6 Å². The van der Waals surface area contributed by atoms with E-state index in [1.54, 1.807) is 6.08 Å². The van der Waals surface area contributed by atoms with Crippen LogP contribution in [-0.2, 0) is 22.5 Å². The molecule has 3 aromatic rings. The van der Waals surface area contributed by atoms with Crippen LogP contribution < -0.4 is 0 Å². The van der Waals surface area contributed by atoms with Crippen LogP contribution >= 0.6 is 0 Å². The van der Waals surface area contributed by atoms with Gasteiger partial charge < -0.3 is 9.68 Å². The Labute approximate surface area is 230 Å². The number of aryl methyl sites for hydroxylation is 1. The van der Waals surface area contributed by atoms with Gasteiger partial charge in [0.05, 0.1) is 22.6 Å². The summed E-state index contributed by atoms with van der Waals surface area (Å²) in [4.78, 5) is 21.8. The van der Waals surface area contributed by atoms with Crippen molar-refractivity contribution in [3.05, 3.63) is 82.3 Å². The molecule has 0 spiro atoms. The fraction of sp³-hybridized carbons (Fsp3) is 0.394. The van der Waals surface area contributed by atoms with Crippen LogP contribution in [0.4, 0.5) is 0 Å². The van der Waals surface area contributed by atoms with Gasteiger partial charge >= 0.3 is 0 Å². The second kappa shape index (κ2) is 10.4. The molecule has 2 aromatic heterocycles. The zero-order valence-electron chi connectivity index (χ0n) is 23.1. The normalized spacial score (nSPS) is 19.4. The standard InChI is InChI=1S/C33H36N4O2/c1-5-23-21(3)25-12-9-15-29(31(25)34-27(23)6-2)36-38-19-33(17-18-33)20-39-37-30-16-10-13-26-22(4)24-11-7-8-14-28(24)35-32(26)30/h5-8,11,14H,1-2,9-10,12-13,15-20H2,3-4H3/b36-29+,37-30+.